The summed E-state index contributed by atoms with van der Waals surface area (Å²) < 4.78 is 1.41. The van der Waals surface area contributed by atoms with Gasteiger partial charge in [-0.3, -0.25) is 10.1 Å². The molecule has 4 aromatic rings. The molecule has 0 amide bonds. The van der Waals surface area contributed by atoms with Gasteiger partial charge in [0, 0.05) is 31.9 Å². The lowest BCUT2D eigenvalue weighted by atomic mass is 10.1. The fraction of sp³-hybridized carbons (Fsp3) is 0.273. The minimum Gasteiger partial charge on any atom is -0.368 e. The molecule has 1 saturated heterocycles. The Bertz CT molecular complexity index is 1310. The van der Waals surface area contributed by atoms with Gasteiger partial charge in [-0.05, 0) is 43.2 Å². The summed E-state index contributed by atoms with van der Waals surface area (Å²) in [5.74, 6) is 0.422. The van der Waals surface area contributed by atoms with Crippen molar-refractivity contribution in [1.29, 1.82) is 0 Å². The molecule has 0 spiro atoms. The smallest absolute Gasteiger partial charge is 0.355 e. The first-order valence-electron chi connectivity index (χ1n) is 10.4. The van der Waals surface area contributed by atoms with Gasteiger partial charge in [-0.1, -0.05) is 29.5 Å². The highest BCUT2D eigenvalue weighted by Crippen LogP contribution is 2.33. The van der Waals surface area contributed by atoms with Crippen molar-refractivity contribution >= 4 is 28.2 Å². The van der Waals surface area contributed by atoms with Gasteiger partial charge >= 0.3 is 5.69 Å². The quantitative estimate of drug-likeness (QED) is 0.359. The van der Waals surface area contributed by atoms with Gasteiger partial charge in [-0.15, -0.1) is 5.10 Å². The molecule has 1 aliphatic rings. The SMILES string of the molecule is Cc1cccc(N2CCN(c3ncnc(-n4nnc5ccccc54)c3[N+](=O)[O-])CC2)c1C. The molecule has 32 heavy (non-hydrogen) atoms. The summed E-state index contributed by atoms with van der Waals surface area (Å²) in [6.45, 7) is 6.95. The first kappa shape index (κ1) is 19.9. The van der Waals surface area contributed by atoms with Crippen LogP contribution in [0, 0.1) is 24.0 Å². The van der Waals surface area contributed by atoms with E-state index in [1.165, 1.54) is 27.8 Å². The maximum atomic E-state index is 12.1. The molecule has 3 heterocycles. The van der Waals surface area contributed by atoms with E-state index < -0.39 is 4.92 Å². The summed E-state index contributed by atoms with van der Waals surface area (Å²) in [6, 6.07) is 13.6. The predicted molar refractivity (Wildman–Crippen MR) is 121 cm³/mol. The van der Waals surface area contributed by atoms with Crippen LogP contribution in [-0.4, -0.2) is 56.1 Å². The van der Waals surface area contributed by atoms with Crippen molar-refractivity contribution in [3.8, 4) is 5.82 Å². The zero-order chi connectivity index (χ0) is 22.2. The number of aromatic nitrogens is 5. The van der Waals surface area contributed by atoms with Crippen molar-refractivity contribution in [1.82, 2.24) is 25.0 Å². The van der Waals surface area contributed by atoms with Gasteiger partial charge in [0.1, 0.15) is 11.8 Å². The van der Waals surface area contributed by atoms with E-state index in [2.05, 4.69) is 57.2 Å². The monoisotopic (exact) mass is 430 g/mol. The van der Waals surface area contributed by atoms with Gasteiger partial charge in [0.05, 0.1) is 10.4 Å². The van der Waals surface area contributed by atoms with E-state index in [9.17, 15) is 10.1 Å². The highest BCUT2D eigenvalue weighted by Gasteiger charge is 2.31. The Morgan fingerprint density at radius 1 is 0.906 bits per heavy atom. The zero-order valence-corrected chi connectivity index (χ0v) is 17.8. The van der Waals surface area contributed by atoms with E-state index in [0.717, 1.165) is 13.1 Å². The molecule has 0 aliphatic carbocycles. The Hall–Kier alpha value is -4.08. The van der Waals surface area contributed by atoms with Crippen molar-refractivity contribution in [3.63, 3.8) is 0 Å². The molecule has 0 unspecified atom stereocenters. The van der Waals surface area contributed by atoms with Crippen LogP contribution in [0.4, 0.5) is 17.2 Å². The number of nitro groups is 1. The van der Waals surface area contributed by atoms with E-state index in [-0.39, 0.29) is 11.5 Å². The third-order valence-corrected chi connectivity index (χ3v) is 6.01. The Labute approximate surface area is 184 Å². The number of fused-ring (bicyclic) bond motifs is 1. The summed E-state index contributed by atoms with van der Waals surface area (Å²) >= 11 is 0. The number of nitrogens with zero attached hydrogens (tertiary/aromatic N) is 8. The largest absolute Gasteiger partial charge is 0.368 e. The van der Waals surface area contributed by atoms with Crippen molar-refractivity contribution in [3.05, 3.63) is 70.0 Å². The van der Waals surface area contributed by atoms with Crippen LogP contribution in [0.3, 0.4) is 0 Å². The van der Waals surface area contributed by atoms with Crippen molar-refractivity contribution < 1.29 is 4.92 Å². The number of anilines is 2. The van der Waals surface area contributed by atoms with Crippen LogP contribution >= 0.6 is 0 Å². The molecule has 1 aliphatic heterocycles. The molecular formula is C22H22N8O2. The molecular weight excluding hydrogens is 408 g/mol. The lowest BCUT2D eigenvalue weighted by Gasteiger charge is -2.37. The summed E-state index contributed by atoms with van der Waals surface area (Å²) in [7, 11) is 0. The Morgan fingerprint density at radius 2 is 1.62 bits per heavy atom. The second kappa shape index (κ2) is 7.88. The Kier molecular flexibility index (Phi) is 4.89. The third kappa shape index (κ3) is 3.29. The summed E-state index contributed by atoms with van der Waals surface area (Å²) in [5.41, 5.74) is 4.85. The maximum absolute atomic E-state index is 12.1. The number of aryl methyl sites for hydroxylation is 1. The average Bonchev–Trinajstić information content (AvgIpc) is 3.24. The lowest BCUT2D eigenvalue weighted by Crippen LogP contribution is -2.47. The Balaban J connectivity index is 1.48. The van der Waals surface area contributed by atoms with Crippen LogP contribution in [0.1, 0.15) is 11.1 Å². The van der Waals surface area contributed by atoms with Gasteiger partial charge in [-0.2, -0.15) is 4.68 Å². The number of hydrogen-bond donors (Lipinski definition) is 0. The molecule has 10 nitrogen and oxygen atoms in total. The summed E-state index contributed by atoms with van der Waals surface area (Å²) in [6.07, 6.45) is 1.35. The second-order valence-electron chi connectivity index (χ2n) is 7.81. The number of benzene rings is 2. The zero-order valence-electron chi connectivity index (χ0n) is 17.8. The lowest BCUT2D eigenvalue weighted by molar-refractivity contribution is -0.384. The van der Waals surface area contributed by atoms with Crippen LogP contribution in [0.2, 0.25) is 0 Å². The Morgan fingerprint density at radius 3 is 2.41 bits per heavy atom. The molecule has 0 N–H and O–H groups in total. The molecule has 5 rings (SSSR count). The normalized spacial score (nSPS) is 14.2. The van der Waals surface area contributed by atoms with Crippen molar-refractivity contribution in [2.24, 2.45) is 0 Å². The fourth-order valence-corrected chi connectivity index (χ4v) is 4.17. The molecule has 0 atom stereocenters. The molecule has 0 bridgehead atoms. The van der Waals surface area contributed by atoms with Crippen molar-refractivity contribution in [2.45, 2.75) is 13.8 Å². The fourth-order valence-electron chi connectivity index (χ4n) is 4.17. The molecule has 162 valence electrons. The van der Waals surface area contributed by atoms with E-state index in [0.29, 0.717) is 29.9 Å². The van der Waals surface area contributed by atoms with E-state index in [1.54, 1.807) is 6.07 Å². The standard InChI is InChI=1S/C22H22N8O2/c1-15-6-5-9-18(16(15)2)27-10-12-28(13-11-27)21-20(30(31)32)22(24-14-23-21)29-19-8-4-3-7-17(19)25-26-29/h3-9,14H,10-13H2,1-2H3. The topological polar surface area (TPSA) is 106 Å². The predicted octanol–water partition coefficient (Wildman–Crippen LogP) is 3.06. The molecule has 0 radical (unpaired) electrons. The molecule has 10 heteroatoms. The van der Waals surface area contributed by atoms with Crippen LogP contribution in [0.5, 0.6) is 0 Å². The number of piperazine rings is 1. The first-order valence-corrected chi connectivity index (χ1v) is 10.4. The van der Waals surface area contributed by atoms with Crippen LogP contribution < -0.4 is 9.80 Å². The first-order chi connectivity index (χ1) is 15.5. The van der Waals surface area contributed by atoms with Crippen molar-refractivity contribution in [2.75, 3.05) is 36.0 Å². The van der Waals surface area contributed by atoms with Crippen LogP contribution in [0.15, 0.2) is 48.8 Å². The van der Waals surface area contributed by atoms with Crippen LogP contribution in [-0.2, 0) is 0 Å². The summed E-state index contributed by atoms with van der Waals surface area (Å²) in [4.78, 5) is 24.4. The highest BCUT2D eigenvalue weighted by atomic mass is 16.6. The average molecular weight is 430 g/mol. The molecule has 2 aromatic heterocycles. The summed E-state index contributed by atoms with van der Waals surface area (Å²) in [5, 5.41) is 20.3. The van der Waals surface area contributed by atoms with Gasteiger partial charge in [-0.25, -0.2) is 9.97 Å². The number of para-hydroxylation sites is 1. The third-order valence-electron chi connectivity index (χ3n) is 6.01. The molecule has 1 fully saturated rings. The minimum atomic E-state index is -0.432. The van der Waals surface area contributed by atoms with E-state index in [1.807, 2.05) is 23.1 Å². The number of hydrogen-bond acceptors (Lipinski definition) is 8. The highest BCUT2D eigenvalue weighted by molar-refractivity contribution is 5.78. The second-order valence-corrected chi connectivity index (χ2v) is 7.81. The minimum absolute atomic E-state index is 0.116. The number of rotatable bonds is 4. The maximum Gasteiger partial charge on any atom is 0.355 e. The van der Waals surface area contributed by atoms with Gasteiger partial charge in [0.2, 0.25) is 11.6 Å². The van der Waals surface area contributed by atoms with E-state index >= 15 is 0 Å². The molecule has 2 aromatic carbocycles. The van der Waals surface area contributed by atoms with Crippen LogP contribution in [0.25, 0.3) is 16.9 Å². The van der Waals surface area contributed by atoms with Gasteiger partial charge in [0.15, 0.2) is 0 Å². The van der Waals surface area contributed by atoms with E-state index in [4.69, 9.17) is 0 Å². The molecule has 0 saturated carbocycles. The van der Waals surface area contributed by atoms with Gasteiger partial charge in [0.25, 0.3) is 0 Å². The van der Waals surface area contributed by atoms with Gasteiger partial charge < -0.3 is 9.80 Å².